The van der Waals surface area contributed by atoms with Gasteiger partial charge < -0.3 is 0 Å². The average molecular weight is 275 g/mol. The molecule has 0 aromatic heterocycles. The first kappa shape index (κ1) is 13.0. The highest BCUT2D eigenvalue weighted by molar-refractivity contribution is 8.93. The maximum Gasteiger partial charge on any atom is 0.409 e. The van der Waals surface area contributed by atoms with Crippen molar-refractivity contribution in [2.45, 2.75) is 17.9 Å². The zero-order valence-corrected chi connectivity index (χ0v) is 12.2. The first-order chi connectivity index (χ1) is 6.92. The number of hydrogen-bond donors (Lipinski definition) is 0. The van der Waals surface area contributed by atoms with Crippen LogP contribution in [-0.2, 0) is 0 Å². The van der Waals surface area contributed by atoms with Gasteiger partial charge in [0, 0.05) is 0 Å². The van der Waals surface area contributed by atoms with Crippen molar-refractivity contribution in [1.82, 2.24) is 0 Å². The van der Waals surface area contributed by atoms with E-state index in [1.165, 1.54) is 21.7 Å². The molecule has 76 valence electrons. The van der Waals surface area contributed by atoms with Crippen LogP contribution in [0.1, 0.15) is 13.3 Å². The molecular formula is C13H15BrMg. The number of hydrogen-bond acceptors (Lipinski definition) is 0. The first-order valence-corrected chi connectivity index (χ1v) is 7.09. The lowest BCUT2D eigenvalue weighted by Crippen LogP contribution is -2.13. The van der Waals surface area contributed by atoms with E-state index in [-0.39, 0.29) is 37.3 Å². The van der Waals surface area contributed by atoms with Gasteiger partial charge in [0.2, 0.25) is 0 Å². The van der Waals surface area contributed by atoms with E-state index in [1.807, 2.05) is 0 Å². The van der Waals surface area contributed by atoms with Gasteiger partial charge in [-0.05, 0) is 10.8 Å². The smallest absolute Gasteiger partial charge is 0.166 e. The Morgan fingerprint density at radius 3 is 2.53 bits per heavy atom. The molecule has 0 saturated heterocycles. The van der Waals surface area contributed by atoms with Gasteiger partial charge in [-0.25, -0.2) is 0 Å². The molecule has 2 aromatic rings. The van der Waals surface area contributed by atoms with Gasteiger partial charge in [-0.15, -0.1) is 21.5 Å². The minimum atomic E-state index is -0.0333. The van der Waals surface area contributed by atoms with Crippen molar-refractivity contribution in [3.63, 3.8) is 0 Å². The molecule has 0 N–H and O–H groups in total. The summed E-state index contributed by atoms with van der Waals surface area (Å²) in [6.45, 7) is 2.28. The van der Waals surface area contributed by atoms with Gasteiger partial charge in [0.1, 0.15) is 0 Å². The molecule has 0 saturated carbocycles. The maximum absolute atomic E-state index is 2.31. The molecule has 0 fully saturated rings. The summed E-state index contributed by atoms with van der Waals surface area (Å²) in [7, 11) is 0. The Labute approximate surface area is 112 Å². The Hall–Kier alpha value is -0.0538. The van der Waals surface area contributed by atoms with Crippen LogP contribution in [0.2, 0.25) is 4.55 Å². The van der Waals surface area contributed by atoms with Gasteiger partial charge in [0.25, 0.3) is 0 Å². The molecule has 2 aromatic carbocycles. The normalized spacial score (nSPS) is 9.40. The Morgan fingerprint density at radius 1 is 1.00 bits per heavy atom. The quantitative estimate of drug-likeness (QED) is 0.751. The summed E-state index contributed by atoms with van der Waals surface area (Å²) in [6.07, 6.45) is 1.33. The van der Waals surface area contributed by atoms with E-state index in [2.05, 4.69) is 49.4 Å². The fourth-order valence-corrected chi connectivity index (χ4v) is 3.51. The number of halogens is 1. The lowest BCUT2D eigenvalue weighted by Gasteiger charge is -2.04. The maximum atomic E-state index is 2.31. The monoisotopic (exact) mass is 274 g/mol. The minimum Gasteiger partial charge on any atom is -0.166 e. The topological polar surface area (TPSA) is 0 Å². The minimum absolute atomic E-state index is 0. The molecule has 0 unspecified atom stereocenters. The van der Waals surface area contributed by atoms with Gasteiger partial charge >= 0.3 is 20.4 Å². The van der Waals surface area contributed by atoms with Crippen LogP contribution in [0.25, 0.3) is 10.8 Å². The van der Waals surface area contributed by atoms with Crippen LogP contribution in [0.15, 0.2) is 42.5 Å². The molecule has 2 heteroatoms. The summed E-state index contributed by atoms with van der Waals surface area (Å²) in [5.41, 5.74) is 0. The van der Waals surface area contributed by atoms with Crippen LogP contribution in [0.5, 0.6) is 0 Å². The first-order valence-electron chi connectivity index (χ1n) is 5.38. The van der Waals surface area contributed by atoms with Crippen molar-refractivity contribution in [3.8, 4) is 0 Å². The summed E-state index contributed by atoms with van der Waals surface area (Å²) >= 11 is -0.0333. The van der Waals surface area contributed by atoms with E-state index in [0.29, 0.717) is 0 Å². The van der Waals surface area contributed by atoms with Crippen molar-refractivity contribution in [2.75, 3.05) is 0 Å². The number of fused-ring (bicyclic) bond motifs is 1. The number of rotatable bonds is 3. The van der Waals surface area contributed by atoms with Crippen LogP contribution < -0.4 is 3.69 Å². The van der Waals surface area contributed by atoms with Crippen molar-refractivity contribution in [2.24, 2.45) is 0 Å². The van der Waals surface area contributed by atoms with Crippen molar-refractivity contribution >= 4 is 51.8 Å². The summed E-state index contributed by atoms with van der Waals surface area (Å²) in [5.74, 6) is 0. The predicted molar refractivity (Wildman–Crippen MR) is 74.8 cm³/mol. The van der Waals surface area contributed by atoms with Crippen molar-refractivity contribution in [1.29, 1.82) is 0 Å². The highest BCUT2D eigenvalue weighted by Gasteiger charge is 2.01. The van der Waals surface area contributed by atoms with Gasteiger partial charge in [0.05, 0.1) is 0 Å². The zero-order chi connectivity index (χ0) is 9.80. The molecule has 0 heterocycles. The van der Waals surface area contributed by atoms with Gasteiger partial charge in [-0.2, -0.15) is 3.69 Å². The van der Waals surface area contributed by atoms with Crippen LogP contribution in [0.3, 0.4) is 0 Å². The summed E-state index contributed by atoms with van der Waals surface area (Å²) in [6, 6.07) is 15.4. The third-order valence-corrected chi connectivity index (χ3v) is 4.90. The van der Waals surface area contributed by atoms with E-state index in [0.717, 1.165) is 0 Å². The largest absolute Gasteiger partial charge is 0.409 e. The molecule has 15 heavy (non-hydrogen) atoms. The van der Waals surface area contributed by atoms with Crippen molar-refractivity contribution < 1.29 is 0 Å². The Balaban J connectivity index is 0.00000112. The Kier molecular flexibility index (Phi) is 5.65. The fourth-order valence-electron chi connectivity index (χ4n) is 1.88. The predicted octanol–water partition coefficient (Wildman–Crippen LogP) is 3.58. The second-order valence-corrected chi connectivity index (χ2v) is 5.71. The molecule has 0 aliphatic rings. The van der Waals surface area contributed by atoms with E-state index in [4.69, 9.17) is 0 Å². The van der Waals surface area contributed by atoms with E-state index < -0.39 is 0 Å². The zero-order valence-electron chi connectivity index (χ0n) is 9.07. The highest BCUT2D eigenvalue weighted by Crippen LogP contribution is 2.10. The summed E-state index contributed by atoms with van der Waals surface area (Å²) in [4.78, 5) is 0. The average Bonchev–Trinajstić information content (AvgIpc) is 2.26. The summed E-state index contributed by atoms with van der Waals surface area (Å²) < 4.78 is 3.05. The van der Waals surface area contributed by atoms with Crippen LogP contribution >= 0.6 is 17.0 Å². The van der Waals surface area contributed by atoms with Crippen LogP contribution in [-0.4, -0.2) is 20.4 Å². The third kappa shape index (κ3) is 3.20. The molecular weight excluding hydrogens is 260 g/mol. The van der Waals surface area contributed by atoms with Crippen molar-refractivity contribution in [3.05, 3.63) is 42.5 Å². The molecule has 0 spiro atoms. The number of benzene rings is 2. The van der Waals surface area contributed by atoms with Gasteiger partial charge in [-0.3, -0.25) is 0 Å². The molecule has 0 aliphatic carbocycles. The molecule has 0 aliphatic heterocycles. The standard InChI is InChI=1S/C10H7.C3H7.BrH.Mg/c1-2-6-10-8-4-3-7-9(10)5-1;1-3-2;;/h1-7H;1,3H2,2H3;1H;. The van der Waals surface area contributed by atoms with Crippen LogP contribution in [0, 0.1) is 0 Å². The lowest BCUT2D eigenvalue weighted by atomic mass is 10.1. The third-order valence-electron chi connectivity index (χ3n) is 2.68. The summed E-state index contributed by atoms with van der Waals surface area (Å²) in [5, 5.41) is 2.88. The highest BCUT2D eigenvalue weighted by atomic mass is 79.9. The van der Waals surface area contributed by atoms with E-state index in [9.17, 15) is 0 Å². The SMILES string of the molecule is Br.CC[CH2][Mg][c]1cccc2ccccc12. The second kappa shape index (κ2) is 6.51. The molecule has 0 atom stereocenters. The van der Waals surface area contributed by atoms with Crippen LogP contribution in [0.4, 0.5) is 0 Å². The molecule has 2 rings (SSSR count). The molecule has 0 radical (unpaired) electrons. The fraction of sp³-hybridized carbons (Fsp3) is 0.231. The van der Waals surface area contributed by atoms with Gasteiger partial charge in [0.15, 0.2) is 0 Å². The molecule has 0 amide bonds. The Bertz CT molecular complexity index is 420. The Morgan fingerprint density at radius 2 is 1.73 bits per heavy atom. The van der Waals surface area contributed by atoms with Gasteiger partial charge in [-0.1, -0.05) is 55.8 Å². The second-order valence-electron chi connectivity index (χ2n) is 3.74. The van der Waals surface area contributed by atoms with E-state index >= 15 is 0 Å². The lowest BCUT2D eigenvalue weighted by molar-refractivity contribution is 1.08. The molecule has 0 bridgehead atoms. The molecule has 0 nitrogen and oxygen atoms in total. The van der Waals surface area contributed by atoms with E-state index in [1.54, 1.807) is 3.69 Å².